The fourth-order valence-electron chi connectivity index (χ4n) is 0.364. The minimum absolute atomic E-state index is 1.88. The van der Waals surface area contributed by atoms with Gasteiger partial charge in [-0.25, -0.2) is 4.57 Å². The standard InChI is InChI=1S/C4H6N2.H3O4P/c1-6-3-2-5-4-6;1-5(2,3)4/h2-4H,1H3;(H3,1,2,3,4). The van der Waals surface area contributed by atoms with Crippen molar-refractivity contribution in [3.63, 3.8) is 0 Å². The largest absolute Gasteiger partial charge is 0.756 e. The maximum atomic E-state index is 8.77. The molecule has 0 radical (unpaired) electrons. The van der Waals surface area contributed by atoms with Crippen LogP contribution in [-0.2, 0) is 11.6 Å². The molecule has 0 aliphatic heterocycles. The Bertz CT molecular complexity index is 220. The summed E-state index contributed by atoms with van der Waals surface area (Å²) in [5, 5.41) is 0. The fraction of sp³-hybridized carbons (Fsp3) is 0.250. The first-order valence-electron chi connectivity index (χ1n) is 2.64. The number of rotatable bonds is 0. The molecule has 0 saturated carbocycles. The second-order valence-corrected chi connectivity index (χ2v) is 2.75. The highest BCUT2D eigenvalue weighted by Gasteiger charge is 1.82. The number of H-pyrrole nitrogens is 1. The molecule has 0 saturated heterocycles. The van der Waals surface area contributed by atoms with Crippen molar-refractivity contribution in [1.29, 1.82) is 0 Å². The van der Waals surface area contributed by atoms with Crippen molar-refractivity contribution in [2.24, 2.45) is 7.05 Å². The lowest BCUT2D eigenvalue weighted by atomic mass is 10.9. The van der Waals surface area contributed by atoms with Crippen LogP contribution in [0.2, 0.25) is 0 Å². The Morgan fingerprint density at radius 3 is 2.18 bits per heavy atom. The second-order valence-electron chi connectivity index (χ2n) is 1.77. The number of phosphoric acid groups is 1. The van der Waals surface area contributed by atoms with E-state index in [9.17, 15) is 0 Å². The first-order chi connectivity index (χ1) is 4.89. The molecule has 0 aliphatic rings. The Morgan fingerprint density at radius 2 is 2.09 bits per heavy atom. The Labute approximate surface area is 63.4 Å². The normalized spacial score (nSPS) is 10.2. The van der Waals surface area contributed by atoms with Crippen LogP contribution in [0.3, 0.4) is 0 Å². The first kappa shape index (κ1) is 10.3. The zero-order valence-corrected chi connectivity index (χ0v) is 6.73. The van der Waals surface area contributed by atoms with E-state index in [1.807, 2.05) is 30.3 Å². The lowest BCUT2D eigenvalue weighted by Crippen LogP contribution is -2.22. The summed E-state index contributed by atoms with van der Waals surface area (Å²) in [5.41, 5.74) is 0. The molecule has 3 N–H and O–H groups in total. The predicted molar refractivity (Wildman–Crippen MR) is 34.0 cm³/mol. The van der Waals surface area contributed by atoms with Crippen molar-refractivity contribution in [2.45, 2.75) is 0 Å². The van der Waals surface area contributed by atoms with Crippen LogP contribution in [-0.4, -0.2) is 14.8 Å². The third-order valence-corrected chi connectivity index (χ3v) is 0.684. The minimum atomic E-state index is -4.89. The Kier molecular flexibility index (Phi) is 3.99. The molecule has 1 aromatic heterocycles. The van der Waals surface area contributed by atoms with E-state index in [2.05, 4.69) is 4.98 Å². The monoisotopic (exact) mass is 180 g/mol. The van der Waals surface area contributed by atoms with Crippen molar-refractivity contribution in [3.8, 4) is 0 Å². The number of aromatic nitrogens is 2. The maximum absolute atomic E-state index is 8.77. The van der Waals surface area contributed by atoms with Gasteiger partial charge in [0.15, 0.2) is 0 Å². The number of aromatic amines is 1. The number of nitrogens with zero attached hydrogens (tertiary/aromatic N) is 1. The third kappa shape index (κ3) is 12.5. The lowest BCUT2D eigenvalue weighted by molar-refractivity contribution is -0.670. The minimum Gasteiger partial charge on any atom is -0.756 e. The molecule has 0 fully saturated rings. The predicted octanol–water partition coefficient (Wildman–Crippen LogP) is -1.72. The van der Waals surface area contributed by atoms with Gasteiger partial charge in [0.1, 0.15) is 12.4 Å². The van der Waals surface area contributed by atoms with Gasteiger partial charge < -0.3 is 14.7 Å². The average molecular weight is 180 g/mol. The van der Waals surface area contributed by atoms with Crippen molar-refractivity contribution in [2.75, 3.05) is 0 Å². The van der Waals surface area contributed by atoms with Crippen molar-refractivity contribution >= 4 is 7.82 Å². The van der Waals surface area contributed by atoms with E-state index in [4.69, 9.17) is 19.2 Å². The van der Waals surface area contributed by atoms with E-state index in [1.54, 1.807) is 0 Å². The highest BCUT2D eigenvalue weighted by Crippen LogP contribution is 2.18. The first-order valence-corrected chi connectivity index (χ1v) is 4.17. The quantitative estimate of drug-likeness (QED) is 0.326. The molecular weight excluding hydrogens is 171 g/mol. The van der Waals surface area contributed by atoms with Crippen LogP contribution in [0.1, 0.15) is 0 Å². The summed E-state index contributed by atoms with van der Waals surface area (Å²) < 4.78 is 10.7. The molecule has 1 rings (SSSR count). The van der Waals surface area contributed by atoms with E-state index in [0.29, 0.717) is 0 Å². The SMILES string of the molecule is C[n+]1cc[nH]c1.O=P([O-])(O)O. The van der Waals surface area contributed by atoms with Crippen molar-refractivity contribution < 1.29 is 23.8 Å². The second kappa shape index (κ2) is 4.25. The number of aryl methyl sites for hydroxylation is 1. The van der Waals surface area contributed by atoms with Gasteiger partial charge in [-0.1, -0.05) is 0 Å². The smallest absolute Gasteiger partial charge is 0.262 e. The van der Waals surface area contributed by atoms with Gasteiger partial charge in [-0.15, -0.1) is 0 Å². The topological polar surface area (TPSA) is 100 Å². The van der Waals surface area contributed by atoms with Gasteiger partial charge in [0.2, 0.25) is 6.33 Å². The van der Waals surface area contributed by atoms with E-state index in [-0.39, 0.29) is 0 Å². The van der Waals surface area contributed by atoms with Crippen molar-refractivity contribution in [1.82, 2.24) is 4.98 Å². The molecule has 0 unspecified atom stereocenters. The molecule has 0 amide bonds. The van der Waals surface area contributed by atoms with Gasteiger partial charge in [-0.3, -0.25) is 9.55 Å². The summed E-state index contributed by atoms with van der Waals surface area (Å²) in [5.74, 6) is 0. The van der Waals surface area contributed by atoms with Crippen LogP contribution in [0.5, 0.6) is 0 Å². The van der Waals surface area contributed by atoms with Gasteiger partial charge in [0.05, 0.1) is 7.05 Å². The molecule has 7 heteroatoms. The van der Waals surface area contributed by atoms with Crippen molar-refractivity contribution in [3.05, 3.63) is 18.7 Å². The number of nitrogens with one attached hydrogen (secondary N) is 1. The zero-order chi connectivity index (χ0) is 8.91. The molecule has 0 bridgehead atoms. The summed E-state index contributed by atoms with van der Waals surface area (Å²) in [4.78, 5) is 25.8. The van der Waals surface area contributed by atoms with Gasteiger partial charge in [-0.05, 0) is 0 Å². The van der Waals surface area contributed by atoms with E-state index in [1.165, 1.54) is 0 Å². The molecule has 11 heavy (non-hydrogen) atoms. The highest BCUT2D eigenvalue weighted by atomic mass is 31.2. The molecule has 1 aromatic rings. The lowest BCUT2D eigenvalue weighted by Gasteiger charge is -2.01. The van der Waals surface area contributed by atoms with Gasteiger partial charge in [0.25, 0.3) is 7.82 Å². The number of hydrogen-bond acceptors (Lipinski definition) is 2. The average Bonchev–Trinajstić information content (AvgIpc) is 2.12. The summed E-state index contributed by atoms with van der Waals surface area (Å²) in [7, 11) is -2.92. The molecule has 0 spiro atoms. The van der Waals surface area contributed by atoms with Gasteiger partial charge >= 0.3 is 0 Å². The van der Waals surface area contributed by atoms with E-state index in [0.717, 1.165) is 0 Å². The molecule has 6 nitrogen and oxygen atoms in total. The Morgan fingerprint density at radius 1 is 1.64 bits per heavy atom. The Hall–Kier alpha value is -0.680. The molecule has 0 aliphatic carbocycles. The van der Waals surface area contributed by atoms with Gasteiger partial charge in [0, 0.05) is 0 Å². The third-order valence-electron chi connectivity index (χ3n) is 0.684. The highest BCUT2D eigenvalue weighted by molar-refractivity contribution is 7.43. The van der Waals surface area contributed by atoms with Crippen LogP contribution in [0.4, 0.5) is 0 Å². The summed E-state index contributed by atoms with van der Waals surface area (Å²) >= 11 is 0. The van der Waals surface area contributed by atoms with Crippen LogP contribution in [0.25, 0.3) is 0 Å². The van der Waals surface area contributed by atoms with Crippen LogP contribution in [0.15, 0.2) is 18.7 Å². The van der Waals surface area contributed by atoms with Gasteiger partial charge in [-0.2, -0.15) is 0 Å². The summed E-state index contributed by atoms with van der Waals surface area (Å²) in [6, 6.07) is 0. The summed E-state index contributed by atoms with van der Waals surface area (Å²) in [6.45, 7) is 0. The maximum Gasteiger partial charge on any atom is 0.262 e. The van der Waals surface area contributed by atoms with Crippen LogP contribution < -0.4 is 9.46 Å². The molecule has 0 aromatic carbocycles. The fourth-order valence-corrected chi connectivity index (χ4v) is 0.364. The Balaban J connectivity index is 0.000000187. The van der Waals surface area contributed by atoms with E-state index < -0.39 is 7.82 Å². The zero-order valence-electron chi connectivity index (χ0n) is 5.84. The number of hydrogen-bond donors (Lipinski definition) is 3. The molecular formula is C4H9N2O4P. The molecule has 1 heterocycles. The molecule has 64 valence electrons. The number of imidazole rings is 1. The van der Waals surface area contributed by atoms with Crippen LogP contribution >= 0.6 is 7.82 Å². The molecule has 0 atom stereocenters. The van der Waals surface area contributed by atoms with E-state index >= 15 is 0 Å². The summed E-state index contributed by atoms with van der Waals surface area (Å²) in [6.07, 6.45) is 5.69. The van der Waals surface area contributed by atoms with Crippen LogP contribution in [0, 0.1) is 0 Å².